The molecule has 1 rings (SSSR count). The third-order valence-corrected chi connectivity index (χ3v) is 2.83. The van der Waals surface area contributed by atoms with E-state index < -0.39 is 0 Å². The number of rotatable bonds is 6. The number of ether oxygens (including phenoxy) is 1. The zero-order valence-corrected chi connectivity index (χ0v) is 10.5. The zero-order chi connectivity index (χ0) is 11.8. The van der Waals surface area contributed by atoms with Crippen LogP contribution in [0.1, 0.15) is 17.3 Å². The lowest BCUT2D eigenvalue weighted by Crippen LogP contribution is -2.27. The highest BCUT2D eigenvalue weighted by Crippen LogP contribution is 2.14. The van der Waals surface area contributed by atoms with Gasteiger partial charge in [-0.05, 0) is 37.4 Å². The van der Waals surface area contributed by atoms with E-state index in [2.05, 4.69) is 5.32 Å². The Morgan fingerprint density at radius 1 is 1.38 bits per heavy atom. The number of hydrogen-bond donors (Lipinski definition) is 1. The molecule has 0 spiro atoms. The van der Waals surface area contributed by atoms with Crippen molar-refractivity contribution in [3.8, 4) is 0 Å². The van der Waals surface area contributed by atoms with Crippen molar-refractivity contribution in [2.24, 2.45) is 0 Å². The highest BCUT2D eigenvalue weighted by Gasteiger charge is 2.03. The first-order valence-corrected chi connectivity index (χ1v) is 6.50. The van der Waals surface area contributed by atoms with Crippen LogP contribution < -0.4 is 5.32 Å². The number of thioether (sulfide) groups is 1. The molecule has 0 fully saturated rings. The SMILES string of the molecule is CCOCCNC(=O)c1ccc(SC)cc1. The Balaban J connectivity index is 2.40. The minimum absolute atomic E-state index is 0.0487. The minimum atomic E-state index is -0.0487. The van der Waals surface area contributed by atoms with E-state index in [1.165, 1.54) is 0 Å². The minimum Gasteiger partial charge on any atom is -0.380 e. The van der Waals surface area contributed by atoms with Gasteiger partial charge >= 0.3 is 0 Å². The molecule has 0 atom stereocenters. The molecule has 0 heterocycles. The van der Waals surface area contributed by atoms with E-state index in [9.17, 15) is 4.79 Å². The standard InChI is InChI=1S/C12H17NO2S/c1-3-15-9-8-13-12(14)10-4-6-11(16-2)7-5-10/h4-7H,3,8-9H2,1-2H3,(H,13,14). The van der Waals surface area contributed by atoms with E-state index in [-0.39, 0.29) is 5.91 Å². The van der Waals surface area contributed by atoms with Crippen molar-refractivity contribution < 1.29 is 9.53 Å². The van der Waals surface area contributed by atoms with Crippen LogP contribution in [0.5, 0.6) is 0 Å². The molecule has 0 saturated carbocycles. The molecular weight excluding hydrogens is 222 g/mol. The fourth-order valence-electron chi connectivity index (χ4n) is 1.23. The average Bonchev–Trinajstić information content (AvgIpc) is 2.34. The van der Waals surface area contributed by atoms with E-state index in [1.54, 1.807) is 11.8 Å². The lowest BCUT2D eigenvalue weighted by Gasteiger charge is -2.05. The number of carbonyl (C=O) groups excluding carboxylic acids is 1. The van der Waals surface area contributed by atoms with Gasteiger partial charge in [-0.25, -0.2) is 0 Å². The molecule has 0 aliphatic carbocycles. The number of hydrogen-bond acceptors (Lipinski definition) is 3. The quantitative estimate of drug-likeness (QED) is 0.611. The van der Waals surface area contributed by atoms with E-state index in [0.717, 1.165) is 4.90 Å². The maximum Gasteiger partial charge on any atom is 0.251 e. The summed E-state index contributed by atoms with van der Waals surface area (Å²) in [7, 11) is 0. The second-order valence-corrected chi connectivity index (χ2v) is 4.06. The summed E-state index contributed by atoms with van der Waals surface area (Å²) in [6, 6.07) is 7.56. The first-order valence-electron chi connectivity index (χ1n) is 5.28. The second-order valence-electron chi connectivity index (χ2n) is 3.18. The van der Waals surface area contributed by atoms with Crippen molar-refractivity contribution >= 4 is 17.7 Å². The monoisotopic (exact) mass is 239 g/mol. The first-order chi connectivity index (χ1) is 7.77. The molecule has 16 heavy (non-hydrogen) atoms. The molecule has 0 aromatic heterocycles. The molecular formula is C12H17NO2S. The van der Waals surface area contributed by atoms with E-state index >= 15 is 0 Å². The van der Waals surface area contributed by atoms with Gasteiger partial charge < -0.3 is 10.1 Å². The maximum absolute atomic E-state index is 11.6. The Labute approximate surface area is 101 Å². The summed E-state index contributed by atoms with van der Waals surface area (Å²) in [5.74, 6) is -0.0487. The van der Waals surface area contributed by atoms with E-state index in [1.807, 2.05) is 37.4 Å². The molecule has 0 bridgehead atoms. The molecule has 1 aromatic rings. The number of benzene rings is 1. The third-order valence-electron chi connectivity index (χ3n) is 2.09. The molecule has 4 heteroatoms. The molecule has 1 aromatic carbocycles. The third kappa shape index (κ3) is 4.24. The van der Waals surface area contributed by atoms with Crippen LogP contribution in [0.2, 0.25) is 0 Å². The van der Waals surface area contributed by atoms with Crippen LogP contribution >= 0.6 is 11.8 Å². The Morgan fingerprint density at radius 2 is 2.06 bits per heavy atom. The normalized spacial score (nSPS) is 10.1. The summed E-state index contributed by atoms with van der Waals surface area (Å²) in [6.07, 6.45) is 2.01. The van der Waals surface area contributed by atoms with Crippen molar-refractivity contribution in [1.82, 2.24) is 5.32 Å². The molecule has 3 nitrogen and oxygen atoms in total. The van der Waals surface area contributed by atoms with Gasteiger partial charge in [-0.1, -0.05) is 0 Å². The van der Waals surface area contributed by atoms with Crippen molar-refractivity contribution in [3.63, 3.8) is 0 Å². The van der Waals surface area contributed by atoms with Gasteiger partial charge in [-0.3, -0.25) is 4.79 Å². The molecule has 88 valence electrons. The number of nitrogens with one attached hydrogen (secondary N) is 1. The van der Waals surface area contributed by atoms with Gasteiger partial charge in [0.15, 0.2) is 0 Å². The number of amides is 1. The van der Waals surface area contributed by atoms with Gasteiger partial charge in [0.1, 0.15) is 0 Å². The molecule has 0 saturated heterocycles. The lowest BCUT2D eigenvalue weighted by molar-refractivity contribution is 0.0922. The molecule has 0 aliphatic heterocycles. The van der Waals surface area contributed by atoms with Crippen LogP contribution in [0.4, 0.5) is 0 Å². The smallest absolute Gasteiger partial charge is 0.251 e. The summed E-state index contributed by atoms with van der Waals surface area (Å²) < 4.78 is 5.14. The first kappa shape index (κ1) is 13.1. The Morgan fingerprint density at radius 3 is 2.62 bits per heavy atom. The van der Waals surface area contributed by atoms with E-state index in [4.69, 9.17) is 4.74 Å². The van der Waals surface area contributed by atoms with Crippen LogP contribution in [-0.2, 0) is 4.74 Å². The lowest BCUT2D eigenvalue weighted by atomic mass is 10.2. The van der Waals surface area contributed by atoms with Gasteiger partial charge in [-0.15, -0.1) is 11.8 Å². The summed E-state index contributed by atoms with van der Waals surface area (Å²) in [4.78, 5) is 12.8. The highest BCUT2D eigenvalue weighted by molar-refractivity contribution is 7.98. The summed E-state index contributed by atoms with van der Waals surface area (Å²) >= 11 is 1.66. The predicted octanol–water partition coefficient (Wildman–Crippen LogP) is 2.17. The topological polar surface area (TPSA) is 38.3 Å². The van der Waals surface area contributed by atoms with E-state index in [0.29, 0.717) is 25.3 Å². The van der Waals surface area contributed by atoms with Gasteiger partial charge in [0, 0.05) is 23.6 Å². The average molecular weight is 239 g/mol. The largest absolute Gasteiger partial charge is 0.380 e. The van der Waals surface area contributed by atoms with Crippen LogP contribution in [0.3, 0.4) is 0 Å². The molecule has 0 unspecified atom stereocenters. The fraction of sp³-hybridized carbons (Fsp3) is 0.417. The Bertz CT molecular complexity index is 324. The van der Waals surface area contributed by atoms with Gasteiger partial charge in [-0.2, -0.15) is 0 Å². The molecule has 0 aliphatic rings. The van der Waals surface area contributed by atoms with Gasteiger partial charge in [0.2, 0.25) is 0 Å². The predicted molar refractivity (Wildman–Crippen MR) is 67.0 cm³/mol. The highest BCUT2D eigenvalue weighted by atomic mass is 32.2. The van der Waals surface area contributed by atoms with Crippen LogP contribution in [0.15, 0.2) is 29.2 Å². The summed E-state index contributed by atoms with van der Waals surface area (Å²) in [5, 5.41) is 2.80. The fourth-order valence-corrected chi connectivity index (χ4v) is 1.63. The van der Waals surface area contributed by atoms with Gasteiger partial charge in [0.25, 0.3) is 5.91 Å². The van der Waals surface area contributed by atoms with Crippen molar-refractivity contribution in [2.75, 3.05) is 26.0 Å². The Kier molecular flexibility index (Phi) is 5.96. The number of carbonyl (C=O) groups is 1. The van der Waals surface area contributed by atoms with Crippen molar-refractivity contribution in [2.45, 2.75) is 11.8 Å². The Hall–Kier alpha value is -1.00. The van der Waals surface area contributed by atoms with Crippen LogP contribution in [0.25, 0.3) is 0 Å². The molecule has 0 radical (unpaired) electrons. The summed E-state index contributed by atoms with van der Waals surface area (Å²) in [5.41, 5.74) is 0.689. The van der Waals surface area contributed by atoms with Crippen molar-refractivity contribution in [1.29, 1.82) is 0 Å². The molecule has 1 amide bonds. The molecule has 1 N–H and O–H groups in total. The van der Waals surface area contributed by atoms with Crippen molar-refractivity contribution in [3.05, 3.63) is 29.8 Å². The zero-order valence-electron chi connectivity index (χ0n) is 9.66. The second kappa shape index (κ2) is 7.30. The maximum atomic E-state index is 11.6. The van der Waals surface area contributed by atoms with Crippen LogP contribution in [0, 0.1) is 0 Å². The van der Waals surface area contributed by atoms with Gasteiger partial charge in [0.05, 0.1) is 6.61 Å². The summed E-state index contributed by atoms with van der Waals surface area (Å²) in [6.45, 7) is 3.73. The van der Waals surface area contributed by atoms with Crippen LogP contribution in [-0.4, -0.2) is 31.9 Å².